The third-order valence-electron chi connectivity index (χ3n) is 3.29. The van der Waals surface area contributed by atoms with Crippen molar-refractivity contribution in [1.29, 1.82) is 0 Å². The Hall–Kier alpha value is -2.93. The number of ether oxygens (including phenoxy) is 1. The van der Waals surface area contributed by atoms with Crippen LogP contribution in [0.15, 0.2) is 59.6 Å². The van der Waals surface area contributed by atoms with Gasteiger partial charge in [-0.2, -0.15) is 0 Å². The fraction of sp³-hybridized carbons (Fsp3) is 0.250. The molecule has 4 nitrogen and oxygen atoms in total. The van der Waals surface area contributed by atoms with Crippen LogP contribution in [0.2, 0.25) is 0 Å². The number of aliphatic imine (C=N–C) groups is 1. The van der Waals surface area contributed by atoms with Gasteiger partial charge in [0.15, 0.2) is 5.96 Å². The smallest absolute Gasteiger partial charge is 0.192 e. The Morgan fingerprint density at radius 3 is 2.46 bits per heavy atom. The van der Waals surface area contributed by atoms with Crippen molar-refractivity contribution >= 4 is 5.96 Å². The van der Waals surface area contributed by atoms with Gasteiger partial charge < -0.3 is 15.4 Å². The van der Waals surface area contributed by atoms with E-state index >= 15 is 0 Å². The quantitative estimate of drug-likeness (QED) is 0.468. The van der Waals surface area contributed by atoms with Gasteiger partial charge in [0.2, 0.25) is 0 Å². The molecule has 2 aromatic rings. The zero-order valence-electron chi connectivity index (χ0n) is 14.0. The van der Waals surface area contributed by atoms with Gasteiger partial charge in [0.1, 0.15) is 12.4 Å². The number of nitrogens with one attached hydrogen (secondary N) is 2. The van der Waals surface area contributed by atoms with Crippen LogP contribution in [0.5, 0.6) is 5.75 Å². The van der Waals surface area contributed by atoms with E-state index in [1.54, 1.807) is 0 Å². The van der Waals surface area contributed by atoms with Gasteiger partial charge in [0.25, 0.3) is 0 Å². The molecule has 124 valence electrons. The summed E-state index contributed by atoms with van der Waals surface area (Å²) in [4.78, 5) is 4.50. The van der Waals surface area contributed by atoms with E-state index in [-0.39, 0.29) is 0 Å². The van der Waals surface area contributed by atoms with Gasteiger partial charge in [-0.05, 0) is 30.2 Å². The lowest BCUT2D eigenvalue weighted by atomic mass is 10.2. The van der Waals surface area contributed by atoms with Crippen molar-refractivity contribution in [2.24, 2.45) is 4.99 Å². The molecule has 0 aliphatic rings. The van der Waals surface area contributed by atoms with Crippen molar-refractivity contribution in [2.45, 2.75) is 20.1 Å². The van der Waals surface area contributed by atoms with Crippen LogP contribution in [-0.2, 0) is 13.2 Å². The minimum absolute atomic E-state index is 0.456. The van der Waals surface area contributed by atoms with Crippen LogP contribution in [0.25, 0.3) is 0 Å². The average molecular weight is 321 g/mol. The summed E-state index contributed by atoms with van der Waals surface area (Å²) in [5, 5.41) is 6.22. The van der Waals surface area contributed by atoms with Crippen molar-refractivity contribution in [1.82, 2.24) is 10.6 Å². The summed E-state index contributed by atoms with van der Waals surface area (Å²) in [6.07, 6.45) is 5.26. The van der Waals surface area contributed by atoms with Gasteiger partial charge in [-0.1, -0.05) is 48.4 Å². The topological polar surface area (TPSA) is 45.7 Å². The van der Waals surface area contributed by atoms with Crippen molar-refractivity contribution in [2.75, 3.05) is 13.1 Å². The van der Waals surface area contributed by atoms with Gasteiger partial charge in [0.05, 0.1) is 13.1 Å². The Kier molecular flexibility index (Phi) is 7.23. The number of terminal acetylenes is 1. The second-order valence-corrected chi connectivity index (χ2v) is 5.17. The second kappa shape index (κ2) is 9.96. The second-order valence-electron chi connectivity index (χ2n) is 5.17. The van der Waals surface area contributed by atoms with E-state index in [0.717, 1.165) is 29.4 Å². The molecule has 0 unspecified atom stereocenters. The molecule has 4 heteroatoms. The lowest BCUT2D eigenvalue weighted by Gasteiger charge is -2.09. The average Bonchev–Trinajstić information content (AvgIpc) is 2.64. The van der Waals surface area contributed by atoms with E-state index in [9.17, 15) is 0 Å². The summed E-state index contributed by atoms with van der Waals surface area (Å²) in [5.74, 6) is 4.11. The number of guanidine groups is 1. The van der Waals surface area contributed by atoms with Crippen LogP contribution in [0.3, 0.4) is 0 Å². The van der Waals surface area contributed by atoms with Crippen molar-refractivity contribution in [3.8, 4) is 18.1 Å². The Bertz CT molecular complexity index is 672. The molecule has 0 fully saturated rings. The molecule has 0 aromatic heterocycles. The number of rotatable bonds is 7. The first-order valence-electron chi connectivity index (χ1n) is 8.03. The maximum absolute atomic E-state index is 5.78. The maximum atomic E-state index is 5.78. The predicted molar refractivity (Wildman–Crippen MR) is 98.9 cm³/mol. The highest BCUT2D eigenvalue weighted by Crippen LogP contribution is 2.14. The lowest BCUT2D eigenvalue weighted by Crippen LogP contribution is -2.37. The van der Waals surface area contributed by atoms with Crippen molar-refractivity contribution in [3.05, 3.63) is 65.7 Å². The van der Waals surface area contributed by atoms with Gasteiger partial charge >= 0.3 is 0 Å². The summed E-state index contributed by atoms with van der Waals surface area (Å²) in [6, 6.07) is 18.1. The van der Waals surface area contributed by atoms with E-state index in [2.05, 4.69) is 33.7 Å². The molecule has 0 radical (unpaired) electrons. The first kappa shape index (κ1) is 17.4. The normalized spacial score (nSPS) is 10.8. The summed E-state index contributed by atoms with van der Waals surface area (Å²) < 4.78 is 5.78. The van der Waals surface area contributed by atoms with Crippen LogP contribution in [-0.4, -0.2) is 19.0 Å². The highest BCUT2D eigenvalue weighted by molar-refractivity contribution is 5.79. The SMILES string of the molecule is C#CCNC(=NCc1ccc(OCc2ccccc2)cc1)NCC. The number of benzene rings is 2. The zero-order chi connectivity index (χ0) is 17.0. The summed E-state index contributed by atoms with van der Waals surface area (Å²) in [5.41, 5.74) is 2.26. The minimum Gasteiger partial charge on any atom is -0.489 e. The predicted octanol–water partition coefficient (Wildman–Crippen LogP) is 2.95. The molecule has 0 atom stereocenters. The zero-order valence-corrected chi connectivity index (χ0v) is 14.0. The molecular formula is C20H23N3O. The van der Waals surface area contributed by atoms with Crippen LogP contribution < -0.4 is 15.4 Å². The van der Waals surface area contributed by atoms with E-state index in [4.69, 9.17) is 11.2 Å². The largest absolute Gasteiger partial charge is 0.489 e. The molecular weight excluding hydrogens is 298 g/mol. The highest BCUT2D eigenvalue weighted by Gasteiger charge is 1.98. The van der Waals surface area contributed by atoms with Crippen molar-refractivity contribution < 1.29 is 4.74 Å². The summed E-state index contributed by atoms with van der Waals surface area (Å²) in [7, 11) is 0. The molecule has 0 bridgehead atoms. The van der Waals surface area contributed by atoms with Crippen LogP contribution in [0.4, 0.5) is 0 Å². The molecule has 0 aliphatic carbocycles. The fourth-order valence-corrected chi connectivity index (χ4v) is 2.08. The van der Waals surface area contributed by atoms with E-state index in [1.807, 2.05) is 49.4 Å². The Balaban J connectivity index is 1.87. The Morgan fingerprint density at radius 1 is 1.04 bits per heavy atom. The first-order chi connectivity index (χ1) is 11.8. The van der Waals surface area contributed by atoms with Crippen LogP contribution in [0, 0.1) is 12.3 Å². The standard InChI is InChI=1S/C20H23N3O/c1-3-14-22-20(21-4-2)23-15-17-10-12-19(13-11-17)24-16-18-8-6-5-7-9-18/h1,5-13H,4,14-16H2,2H3,(H2,21,22,23). The number of nitrogens with zero attached hydrogens (tertiary/aromatic N) is 1. The molecule has 0 heterocycles. The molecule has 2 rings (SSSR count). The fourth-order valence-electron chi connectivity index (χ4n) is 2.08. The molecule has 24 heavy (non-hydrogen) atoms. The van der Waals surface area contributed by atoms with Gasteiger partial charge in [-0.15, -0.1) is 6.42 Å². The first-order valence-corrected chi connectivity index (χ1v) is 8.03. The maximum Gasteiger partial charge on any atom is 0.192 e. The number of hydrogen-bond acceptors (Lipinski definition) is 2. The minimum atomic E-state index is 0.456. The molecule has 0 aliphatic heterocycles. The Morgan fingerprint density at radius 2 is 1.79 bits per heavy atom. The van der Waals surface area contributed by atoms with Crippen LogP contribution >= 0.6 is 0 Å². The molecule has 0 saturated heterocycles. The molecule has 2 N–H and O–H groups in total. The third kappa shape index (κ3) is 6.05. The molecule has 0 spiro atoms. The summed E-state index contributed by atoms with van der Waals surface area (Å²) >= 11 is 0. The molecule has 2 aromatic carbocycles. The van der Waals surface area contributed by atoms with E-state index < -0.39 is 0 Å². The van der Waals surface area contributed by atoms with Gasteiger partial charge in [-0.25, -0.2) is 4.99 Å². The summed E-state index contributed by atoms with van der Waals surface area (Å²) in [6.45, 7) is 4.42. The molecule has 0 amide bonds. The van der Waals surface area contributed by atoms with E-state index in [0.29, 0.717) is 19.7 Å². The van der Waals surface area contributed by atoms with Crippen LogP contribution in [0.1, 0.15) is 18.1 Å². The monoisotopic (exact) mass is 321 g/mol. The molecule has 0 saturated carbocycles. The van der Waals surface area contributed by atoms with E-state index in [1.165, 1.54) is 0 Å². The number of hydrogen-bond donors (Lipinski definition) is 2. The van der Waals surface area contributed by atoms with Gasteiger partial charge in [0, 0.05) is 6.54 Å². The third-order valence-corrected chi connectivity index (χ3v) is 3.29. The lowest BCUT2D eigenvalue weighted by molar-refractivity contribution is 0.306. The highest BCUT2D eigenvalue weighted by atomic mass is 16.5. The van der Waals surface area contributed by atoms with Gasteiger partial charge in [-0.3, -0.25) is 0 Å². The Labute approximate surface area is 144 Å². The van der Waals surface area contributed by atoms with Crippen molar-refractivity contribution in [3.63, 3.8) is 0 Å².